The third kappa shape index (κ3) is 3.22. The Balaban J connectivity index is 1.68. The lowest BCUT2D eigenvalue weighted by molar-refractivity contribution is 0.0541. The Kier molecular flexibility index (Phi) is 4.99. The number of benzene rings is 2. The van der Waals surface area contributed by atoms with Crippen LogP contribution in [0.4, 0.5) is 0 Å². The lowest BCUT2D eigenvalue weighted by Crippen LogP contribution is -2.46. The fourth-order valence-corrected chi connectivity index (χ4v) is 5.81. The molecule has 2 aliphatic carbocycles. The van der Waals surface area contributed by atoms with Gasteiger partial charge in [-0.25, -0.2) is 0 Å². The quantitative estimate of drug-likeness (QED) is 0.486. The maximum atomic E-state index is 13.4. The van der Waals surface area contributed by atoms with E-state index in [4.69, 9.17) is 0 Å². The van der Waals surface area contributed by atoms with Crippen molar-refractivity contribution in [1.82, 2.24) is 4.90 Å². The van der Waals surface area contributed by atoms with Crippen LogP contribution in [0.3, 0.4) is 0 Å². The van der Waals surface area contributed by atoms with Gasteiger partial charge in [-0.2, -0.15) is 0 Å². The molecule has 0 bridgehead atoms. The molecule has 160 valence electrons. The summed E-state index contributed by atoms with van der Waals surface area (Å²) in [5, 5.41) is 0.965. The highest BCUT2D eigenvalue weighted by atomic mass is 16.2. The Morgan fingerprint density at radius 1 is 0.806 bits per heavy atom. The summed E-state index contributed by atoms with van der Waals surface area (Å²) in [6.45, 7) is 1.46. The summed E-state index contributed by atoms with van der Waals surface area (Å²) < 4.78 is 0. The predicted octanol–water partition coefficient (Wildman–Crippen LogP) is 5.34. The van der Waals surface area contributed by atoms with E-state index < -0.39 is 0 Å². The highest BCUT2D eigenvalue weighted by Crippen LogP contribution is 2.38. The number of hydrogen-bond acceptors (Lipinski definition) is 4. The number of ketones is 2. The number of imide groups is 1. The van der Waals surface area contributed by atoms with E-state index in [-0.39, 0.29) is 29.4 Å². The number of amides is 2. The van der Waals surface area contributed by atoms with Gasteiger partial charge in [-0.05, 0) is 49.9 Å². The standard InChI is InChI=1S/C26H27NO4/c1-15(28)18-10-12-20-24-21(26(31)27(25(20)30)17-8-4-5-9-17)13-11-19(23(18)24)22(29)14-16-6-2-3-7-16/h10-13,16-17H,2-9,14H2,1H3. The number of rotatable bonds is 5. The van der Waals surface area contributed by atoms with Crippen molar-refractivity contribution in [2.75, 3.05) is 0 Å². The van der Waals surface area contributed by atoms with Gasteiger partial charge in [0, 0.05) is 45.5 Å². The Hall–Kier alpha value is -2.82. The van der Waals surface area contributed by atoms with E-state index in [1.807, 2.05) is 0 Å². The van der Waals surface area contributed by atoms with Gasteiger partial charge in [0.15, 0.2) is 11.6 Å². The van der Waals surface area contributed by atoms with Crippen molar-refractivity contribution in [2.45, 2.75) is 70.8 Å². The molecule has 2 amide bonds. The Morgan fingerprint density at radius 2 is 1.35 bits per heavy atom. The fourth-order valence-electron chi connectivity index (χ4n) is 5.81. The topological polar surface area (TPSA) is 71.5 Å². The zero-order valence-corrected chi connectivity index (χ0v) is 17.9. The predicted molar refractivity (Wildman–Crippen MR) is 118 cm³/mol. The summed E-state index contributed by atoms with van der Waals surface area (Å²) in [7, 11) is 0. The molecule has 2 aromatic rings. The molecule has 0 atom stereocenters. The summed E-state index contributed by atoms with van der Waals surface area (Å²) in [5.74, 6) is -0.400. The number of Topliss-reactive ketones (excluding diaryl/α,β-unsaturated/α-hetero) is 2. The molecule has 3 aliphatic rings. The molecular formula is C26H27NO4. The van der Waals surface area contributed by atoms with Crippen LogP contribution in [0.15, 0.2) is 24.3 Å². The molecule has 31 heavy (non-hydrogen) atoms. The van der Waals surface area contributed by atoms with Crippen LogP contribution in [0.5, 0.6) is 0 Å². The molecule has 5 rings (SSSR count). The van der Waals surface area contributed by atoms with Gasteiger partial charge >= 0.3 is 0 Å². The normalized spacial score (nSPS) is 19.6. The van der Waals surface area contributed by atoms with Gasteiger partial charge in [0.2, 0.25) is 0 Å². The maximum Gasteiger partial charge on any atom is 0.261 e. The molecule has 2 saturated carbocycles. The largest absolute Gasteiger partial charge is 0.294 e. The first-order chi connectivity index (χ1) is 15.0. The van der Waals surface area contributed by atoms with Gasteiger partial charge in [-0.3, -0.25) is 24.1 Å². The van der Waals surface area contributed by atoms with Crippen molar-refractivity contribution in [3.8, 4) is 0 Å². The van der Waals surface area contributed by atoms with Crippen LogP contribution in [0, 0.1) is 5.92 Å². The van der Waals surface area contributed by atoms with Gasteiger partial charge in [-0.15, -0.1) is 0 Å². The van der Waals surface area contributed by atoms with Crippen LogP contribution in [-0.4, -0.2) is 34.3 Å². The molecule has 2 fully saturated rings. The van der Waals surface area contributed by atoms with Crippen molar-refractivity contribution in [3.63, 3.8) is 0 Å². The monoisotopic (exact) mass is 417 g/mol. The average Bonchev–Trinajstić information content (AvgIpc) is 3.45. The van der Waals surface area contributed by atoms with Crippen LogP contribution < -0.4 is 0 Å². The molecular weight excluding hydrogens is 390 g/mol. The number of carbonyl (C=O) groups excluding carboxylic acids is 4. The van der Waals surface area contributed by atoms with E-state index in [2.05, 4.69) is 0 Å². The molecule has 1 heterocycles. The maximum absolute atomic E-state index is 13.4. The highest BCUT2D eigenvalue weighted by molar-refractivity contribution is 6.30. The molecule has 0 radical (unpaired) electrons. The number of carbonyl (C=O) groups is 4. The molecule has 2 aromatic carbocycles. The van der Waals surface area contributed by atoms with Gasteiger partial charge in [0.25, 0.3) is 11.8 Å². The summed E-state index contributed by atoms with van der Waals surface area (Å²) >= 11 is 0. The molecule has 0 unspecified atom stereocenters. The van der Waals surface area contributed by atoms with Crippen molar-refractivity contribution in [1.29, 1.82) is 0 Å². The van der Waals surface area contributed by atoms with E-state index in [9.17, 15) is 19.2 Å². The van der Waals surface area contributed by atoms with Crippen LogP contribution in [0.2, 0.25) is 0 Å². The van der Waals surface area contributed by atoms with E-state index in [0.29, 0.717) is 45.4 Å². The zero-order valence-electron chi connectivity index (χ0n) is 17.9. The first kappa shape index (κ1) is 20.1. The molecule has 0 spiro atoms. The van der Waals surface area contributed by atoms with Crippen molar-refractivity contribution in [2.24, 2.45) is 5.92 Å². The van der Waals surface area contributed by atoms with E-state index in [1.165, 1.54) is 11.8 Å². The highest BCUT2D eigenvalue weighted by Gasteiger charge is 2.39. The minimum atomic E-state index is -0.301. The van der Waals surface area contributed by atoms with Crippen molar-refractivity contribution in [3.05, 3.63) is 46.5 Å². The Bertz CT molecular complexity index is 1100. The molecule has 0 N–H and O–H groups in total. The Labute approximate surface area is 181 Å². The summed E-state index contributed by atoms with van der Waals surface area (Å²) in [6.07, 6.45) is 8.56. The number of hydrogen-bond donors (Lipinski definition) is 0. The van der Waals surface area contributed by atoms with Gasteiger partial charge in [0.05, 0.1) is 0 Å². The van der Waals surface area contributed by atoms with Crippen molar-refractivity contribution >= 4 is 34.2 Å². The SMILES string of the molecule is CC(=O)c1ccc2c3c(ccc(C(=O)CC4CCCC4)c13)C(=O)N(C1CCCC1)C2=O. The second-order valence-corrected chi connectivity index (χ2v) is 9.32. The lowest BCUT2D eigenvalue weighted by atomic mass is 9.84. The first-order valence-electron chi connectivity index (χ1n) is 11.5. The Morgan fingerprint density at radius 3 is 1.94 bits per heavy atom. The third-order valence-electron chi connectivity index (χ3n) is 7.38. The van der Waals surface area contributed by atoms with Crippen LogP contribution >= 0.6 is 0 Å². The second kappa shape index (κ2) is 7.70. The minimum absolute atomic E-state index is 0.00350. The fraction of sp³-hybridized carbons (Fsp3) is 0.462. The molecule has 0 aromatic heterocycles. The van der Waals surface area contributed by atoms with E-state index in [1.54, 1.807) is 24.3 Å². The number of nitrogens with zero attached hydrogens (tertiary/aromatic N) is 1. The molecule has 0 saturated heterocycles. The second-order valence-electron chi connectivity index (χ2n) is 9.32. The van der Waals surface area contributed by atoms with Crippen LogP contribution in [-0.2, 0) is 0 Å². The van der Waals surface area contributed by atoms with Crippen LogP contribution in [0.25, 0.3) is 10.8 Å². The van der Waals surface area contributed by atoms with Crippen LogP contribution in [0.1, 0.15) is 106 Å². The van der Waals surface area contributed by atoms with Gasteiger partial charge in [-0.1, -0.05) is 38.5 Å². The van der Waals surface area contributed by atoms with Crippen molar-refractivity contribution < 1.29 is 19.2 Å². The first-order valence-corrected chi connectivity index (χ1v) is 11.5. The third-order valence-corrected chi connectivity index (χ3v) is 7.38. The smallest absolute Gasteiger partial charge is 0.261 e. The molecule has 5 heteroatoms. The lowest BCUT2D eigenvalue weighted by Gasteiger charge is -2.32. The van der Waals surface area contributed by atoms with E-state index >= 15 is 0 Å². The summed E-state index contributed by atoms with van der Waals surface area (Å²) in [4.78, 5) is 53.9. The zero-order chi connectivity index (χ0) is 21.7. The molecule has 5 nitrogen and oxygen atoms in total. The average molecular weight is 418 g/mol. The summed E-state index contributed by atoms with van der Waals surface area (Å²) in [6, 6.07) is 6.63. The van der Waals surface area contributed by atoms with Gasteiger partial charge in [0.1, 0.15) is 0 Å². The molecule has 1 aliphatic heterocycles. The summed E-state index contributed by atoms with van der Waals surface area (Å²) in [5.41, 5.74) is 1.73. The van der Waals surface area contributed by atoms with Gasteiger partial charge < -0.3 is 0 Å². The minimum Gasteiger partial charge on any atom is -0.294 e. The van der Waals surface area contributed by atoms with E-state index in [0.717, 1.165) is 51.4 Å².